The van der Waals surface area contributed by atoms with Crippen LogP contribution in [0.3, 0.4) is 0 Å². The van der Waals surface area contributed by atoms with E-state index in [1.54, 1.807) is 0 Å². The summed E-state index contributed by atoms with van der Waals surface area (Å²) >= 11 is 0. The van der Waals surface area contributed by atoms with Crippen LogP contribution < -0.4 is 0 Å². The Morgan fingerprint density at radius 2 is 1.86 bits per heavy atom. The number of aliphatic hydroxyl groups excluding tert-OH is 5. The van der Waals surface area contributed by atoms with Gasteiger partial charge in [0.1, 0.15) is 42.7 Å². The van der Waals surface area contributed by atoms with E-state index in [1.807, 2.05) is 6.07 Å². The number of nitrogens with zero attached hydrogens (tertiary/aromatic N) is 1. The van der Waals surface area contributed by atoms with E-state index in [4.69, 9.17) is 19.3 Å². The summed E-state index contributed by atoms with van der Waals surface area (Å²) < 4.78 is 15.7. The number of aliphatic hydroxyl groups is 5. The Balaban J connectivity index is 1.75. The fourth-order valence-corrected chi connectivity index (χ4v) is 2.91. The van der Waals surface area contributed by atoms with Crippen LogP contribution in [0.2, 0.25) is 0 Å². The third-order valence-electron chi connectivity index (χ3n) is 4.28. The van der Waals surface area contributed by atoms with Gasteiger partial charge in [0.25, 0.3) is 0 Å². The minimum atomic E-state index is -1.61. The highest BCUT2D eigenvalue weighted by atomic mass is 16.7. The van der Waals surface area contributed by atoms with Gasteiger partial charge in [0, 0.05) is 6.42 Å². The molecule has 2 aliphatic heterocycles. The van der Waals surface area contributed by atoms with Gasteiger partial charge in [0.05, 0.1) is 12.7 Å². The molecule has 21 heavy (non-hydrogen) atoms. The second kappa shape index (κ2) is 5.12. The van der Waals surface area contributed by atoms with E-state index in [9.17, 15) is 25.7 Å². The standard InChI is InChI=1S/C12H17NO8/c13-3-12(1-4-9(19-4)10(12)18)21-11-8(17)7(16)6(15)5(2-14)20-11/h4-11,14-18H,1-2H2/t4-,5+,6+,7-,8+,9-,10-,11+,12-/m0/s1. The fourth-order valence-electron chi connectivity index (χ4n) is 2.91. The van der Waals surface area contributed by atoms with Gasteiger partial charge in [-0.1, -0.05) is 0 Å². The zero-order valence-electron chi connectivity index (χ0n) is 10.9. The maximum Gasteiger partial charge on any atom is 0.188 e. The van der Waals surface area contributed by atoms with Gasteiger partial charge >= 0.3 is 0 Å². The molecule has 9 nitrogen and oxygen atoms in total. The van der Waals surface area contributed by atoms with E-state index >= 15 is 0 Å². The van der Waals surface area contributed by atoms with E-state index in [0.717, 1.165) is 0 Å². The van der Waals surface area contributed by atoms with Crippen molar-refractivity contribution in [3.63, 3.8) is 0 Å². The average Bonchev–Trinajstić information content (AvgIpc) is 3.19. The van der Waals surface area contributed by atoms with Crippen LogP contribution in [0.5, 0.6) is 0 Å². The monoisotopic (exact) mass is 303 g/mol. The van der Waals surface area contributed by atoms with Crippen LogP contribution in [0.1, 0.15) is 6.42 Å². The maximum absolute atomic E-state index is 10.0. The third-order valence-corrected chi connectivity index (χ3v) is 4.28. The summed E-state index contributed by atoms with van der Waals surface area (Å²) in [6.45, 7) is -0.596. The Morgan fingerprint density at radius 1 is 1.14 bits per heavy atom. The molecule has 0 unspecified atom stereocenters. The molecular weight excluding hydrogens is 286 g/mol. The minimum absolute atomic E-state index is 0.115. The number of hydrogen-bond donors (Lipinski definition) is 5. The predicted octanol–water partition coefficient (Wildman–Crippen LogP) is -3.40. The van der Waals surface area contributed by atoms with Gasteiger partial charge in [-0.15, -0.1) is 0 Å². The molecule has 0 aromatic heterocycles. The first-order valence-corrected chi connectivity index (χ1v) is 6.66. The molecule has 1 saturated carbocycles. The molecule has 5 N–H and O–H groups in total. The van der Waals surface area contributed by atoms with Crippen molar-refractivity contribution in [3.8, 4) is 6.07 Å². The normalized spacial score (nSPS) is 55.8. The molecular formula is C12H17NO8. The third kappa shape index (κ3) is 2.25. The van der Waals surface area contributed by atoms with E-state index in [1.165, 1.54) is 0 Å². The van der Waals surface area contributed by atoms with Crippen LogP contribution >= 0.6 is 0 Å². The van der Waals surface area contributed by atoms with Crippen LogP contribution in [0, 0.1) is 11.3 Å². The highest BCUT2D eigenvalue weighted by Crippen LogP contribution is 2.47. The molecule has 9 heteroatoms. The van der Waals surface area contributed by atoms with E-state index in [0.29, 0.717) is 0 Å². The number of hydrogen-bond acceptors (Lipinski definition) is 9. The van der Waals surface area contributed by atoms with Gasteiger partial charge < -0.3 is 39.7 Å². The largest absolute Gasteiger partial charge is 0.394 e. The van der Waals surface area contributed by atoms with Gasteiger partial charge in [-0.2, -0.15) is 5.26 Å². The molecule has 2 saturated heterocycles. The Labute approximate surface area is 119 Å². The van der Waals surface area contributed by atoms with Gasteiger partial charge in [-0.05, 0) is 0 Å². The van der Waals surface area contributed by atoms with Crippen molar-refractivity contribution in [2.75, 3.05) is 6.61 Å². The summed E-state index contributed by atoms with van der Waals surface area (Å²) in [5.74, 6) is 0. The van der Waals surface area contributed by atoms with Crippen LogP contribution in [-0.4, -0.2) is 86.8 Å². The lowest BCUT2D eigenvalue weighted by atomic mass is 9.97. The Bertz CT molecular complexity index is 453. The van der Waals surface area contributed by atoms with Crippen molar-refractivity contribution < 1.29 is 39.7 Å². The molecule has 0 radical (unpaired) electrons. The van der Waals surface area contributed by atoms with Crippen molar-refractivity contribution in [2.24, 2.45) is 0 Å². The van der Waals surface area contributed by atoms with Crippen LogP contribution in [0.15, 0.2) is 0 Å². The maximum atomic E-state index is 10.0. The van der Waals surface area contributed by atoms with Crippen LogP contribution in [-0.2, 0) is 14.2 Å². The SMILES string of the molecule is N#C[C@@]1(O[C@H]2O[C@H](CO)[C@@H](O)[C@H](O)[C@H]2O)C[C@@H]2O[C@@H]2[C@@H]1O. The summed E-state index contributed by atoms with van der Waals surface area (Å²) in [4.78, 5) is 0. The van der Waals surface area contributed by atoms with Gasteiger partial charge in [-0.3, -0.25) is 0 Å². The van der Waals surface area contributed by atoms with E-state index in [2.05, 4.69) is 0 Å². The first-order valence-electron chi connectivity index (χ1n) is 6.66. The number of nitriles is 1. The lowest BCUT2D eigenvalue weighted by molar-refractivity contribution is -0.328. The molecule has 2 heterocycles. The van der Waals surface area contributed by atoms with Gasteiger partial charge in [-0.25, -0.2) is 0 Å². The molecule has 0 amide bonds. The molecule has 9 atom stereocenters. The summed E-state index contributed by atoms with van der Waals surface area (Å²) in [5, 5.41) is 57.7. The average molecular weight is 303 g/mol. The topological polar surface area (TPSA) is 156 Å². The minimum Gasteiger partial charge on any atom is -0.394 e. The molecule has 0 aromatic carbocycles. The van der Waals surface area contributed by atoms with E-state index in [-0.39, 0.29) is 12.5 Å². The molecule has 0 aromatic rings. The molecule has 118 valence electrons. The highest BCUT2D eigenvalue weighted by Gasteiger charge is 2.66. The van der Waals surface area contributed by atoms with E-state index < -0.39 is 55.1 Å². The van der Waals surface area contributed by atoms with Crippen LogP contribution in [0.4, 0.5) is 0 Å². The van der Waals surface area contributed by atoms with Crippen LogP contribution in [0.25, 0.3) is 0 Å². The summed E-state index contributed by atoms with van der Waals surface area (Å²) in [7, 11) is 0. The molecule has 1 aliphatic carbocycles. The first kappa shape index (κ1) is 15.1. The number of rotatable bonds is 3. The highest BCUT2D eigenvalue weighted by molar-refractivity contribution is 5.22. The zero-order valence-corrected chi connectivity index (χ0v) is 10.9. The smallest absolute Gasteiger partial charge is 0.188 e. The lowest BCUT2D eigenvalue weighted by Gasteiger charge is -2.42. The summed E-state index contributed by atoms with van der Waals surface area (Å²) in [5.41, 5.74) is -1.61. The quantitative estimate of drug-likeness (QED) is 0.335. The summed E-state index contributed by atoms with van der Waals surface area (Å²) in [6, 6.07) is 1.86. The number of fused-ring (bicyclic) bond motifs is 1. The Kier molecular flexibility index (Phi) is 3.67. The predicted molar refractivity (Wildman–Crippen MR) is 62.5 cm³/mol. The first-order chi connectivity index (χ1) is 9.93. The second-order valence-electron chi connectivity index (χ2n) is 5.60. The molecule has 3 aliphatic rings. The Morgan fingerprint density at radius 3 is 2.38 bits per heavy atom. The van der Waals surface area contributed by atoms with Gasteiger partial charge in [0.2, 0.25) is 0 Å². The second-order valence-corrected chi connectivity index (χ2v) is 5.60. The number of ether oxygens (including phenoxy) is 3. The van der Waals surface area contributed by atoms with Gasteiger partial charge in [0.15, 0.2) is 11.9 Å². The van der Waals surface area contributed by atoms with Crippen molar-refractivity contribution >= 4 is 0 Å². The number of epoxide rings is 1. The summed E-state index contributed by atoms with van der Waals surface area (Å²) in [6.07, 6.45) is -9.13. The molecule has 3 fully saturated rings. The van der Waals surface area contributed by atoms with Crippen molar-refractivity contribution in [1.82, 2.24) is 0 Å². The zero-order chi connectivity index (χ0) is 15.4. The molecule has 3 rings (SSSR count). The van der Waals surface area contributed by atoms with Crippen molar-refractivity contribution in [1.29, 1.82) is 5.26 Å². The lowest BCUT2D eigenvalue weighted by Crippen LogP contribution is -2.61. The Hall–Kier alpha value is -0.830. The molecule has 0 bridgehead atoms. The van der Waals surface area contributed by atoms with Crippen molar-refractivity contribution in [2.45, 2.75) is 61.0 Å². The van der Waals surface area contributed by atoms with Crippen molar-refractivity contribution in [3.05, 3.63) is 0 Å². The molecule has 0 spiro atoms. The fraction of sp³-hybridized carbons (Fsp3) is 0.917.